The zero-order chi connectivity index (χ0) is 13.1. The lowest BCUT2D eigenvalue weighted by Gasteiger charge is -2.09. The van der Waals surface area contributed by atoms with Crippen LogP contribution >= 0.6 is 12.2 Å². The van der Waals surface area contributed by atoms with Crippen LogP contribution in [0.2, 0.25) is 0 Å². The van der Waals surface area contributed by atoms with Crippen LogP contribution in [0.4, 0.5) is 0 Å². The predicted octanol–water partition coefficient (Wildman–Crippen LogP) is 2.53. The number of ether oxygens (including phenoxy) is 2. The molecule has 5 nitrogen and oxygen atoms in total. The van der Waals surface area contributed by atoms with Gasteiger partial charge in [-0.2, -0.15) is 9.97 Å². The summed E-state index contributed by atoms with van der Waals surface area (Å²) in [6.07, 6.45) is 0. The highest BCUT2D eigenvalue weighted by Crippen LogP contribution is 2.28. The Morgan fingerprint density at radius 3 is 2.61 bits per heavy atom. The Bertz CT molecular complexity index is 625. The Morgan fingerprint density at radius 1 is 1.17 bits per heavy atom. The lowest BCUT2D eigenvalue weighted by atomic mass is 10.1. The van der Waals surface area contributed by atoms with E-state index >= 15 is 0 Å². The molecule has 1 N–H and O–H groups in total. The van der Waals surface area contributed by atoms with Crippen molar-refractivity contribution in [2.45, 2.75) is 6.92 Å². The van der Waals surface area contributed by atoms with Crippen molar-refractivity contribution in [2.75, 3.05) is 14.2 Å². The summed E-state index contributed by atoms with van der Waals surface area (Å²) in [7, 11) is 3.13. The monoisotopic (exact) mass is 263 g/mol. The van der Waals surface area contributed by atoms with Crippen molar-refractivity contribution in [2.24, 2.45) is 0 Å². The number of benzene rings is 1. The fraction of sp³-hybridized carbons (Fsp3) is 0.250. The minimum atomic E-state index is 0.226. The number of hydrogen-bond acceptors (Lipinski definition) is 5. The normalized spacial score (nSPS) is 10.2. The van der Waals surface area contributed by atoms with E-state index in [9.17, 15) is 0 Å². The molecule has 0 atom stereocenters. The van der Waals surface area contributed by atoms with Gasteiger partial charge in [0, 0.05) is 0 Å². The lowest BCUT2D eigenvalue weighted by molar-refractivity contribution is 0.377. The van der Waals surface area contributed by atoms with Crippen LogP contribution in [0.1, 0.15) is 5.56 Å². The Balaban J connectivity index is 2.64. The summed E-state index contributed by atoms with van der Waals surface area (Å²) < 4.78 is 10.6. The Morgan fingerprint density at radius 2 is 1.94 bits per heavy atom. The summed E-state index contributed by atoms with van der Waals surface area (Å²) in [6, 6.07) is 6.14. The van der Waals surface area contributed by atoms with Crippen molar-refractivity contribution in [1.29, 1.82) is 0 Å². The van der Waals surface area contributed by atoms with Crippen LogP contribution < -0.4 is 9.47 Å². The second kappa shape index (κ2) is 5.14. The van der Waals surface area contributed by atoms with Gasteiger partial charge in [-0.3, -0.25) is 4.98 Å². The van der Waals surface area contributed by atoms with Gasteiger partial charge in [0.05, 0.1) is 19.8 Å². The zero-order valence-electron chi connectivity index (χ0n) is 10.4. The van der Waals surface area contributed by atoms with Crippen LogP contribution in [-0.2, 0) is 0 Å². The fourth-order valence-electron chi connectivity index (χ4n) is 1.60. The van der Waals surface area contributed by atoms with Crippen molar-refractivity contribution in [1.82, 2.24) is 15.0 Å². The van der Waals surface area contributed by atoms with E-state index in [1.165, 1.54) is 7.11 Å². The van der Waals surface area contributed by atoms with Gasteiger partial charge in [-0.05, 0) is 31.3 Å². The molecule has 2 aromatic rings. The molecule has 0 saturated heterocycles. The standard InChI is InChI=1S/C12H13N3O2S/c1-7-4-5-9(16-2)8(6-7)10-13-11(17-3)15-12(18)14-10/h4-6H,1-3H3,(H,13,14,15,18). The first-order chi connectivity index (χ1) is 8.63. The van der Waals surface area contributed by atoms with Crippen LogP contribution in [0.15, 0.2) is 18.2 Å². The number of methoxy groups -OCH3 is 2. The van der Waals surface area contributed by atoms with Crippen LogP contribution in [0.5, 0.6) is 11.8 Å². The Hall–Kier alpha value is -1.95. The first-order valence-electron chi connectivity index (χ1n) is 5.31. The molecule has 18 heavy (non-hydrogen) atoms. The summed E-state index contributed by atoms with van der Waals surface area (Å²) >= 11 is 5.00. The number of rotatable bonds is 3. The van der Waals surface area contributed by atoms with Crippen molar-refractivity contribution >= 4 is 12.2 Å². The highest BCUT2D eigenvalue weighted by Gasteiger charge is 2.10. The van der Waals surface area contributed by atoms with Crippen molar-refractivity contribution < 1.29 is 9.47 Å². The third-order valence-electron chi connectivity index (χ3n) is 2.43. The number of H-pyrrole nitrogens is 1. The van der Waals surface area contributed by atoms with Crippen molar-refractivity contribution in [3.8, 4) is 23.1 Å². The van der Waals surface area contributed by atoms with Crippen LogP contribution in [0, 0.1) is 11.7 Å². The van der Waals surface area contributed by atoms with E-state index in [1.54, 1.807) is 7.11 Å². The lowest BCUT2D eigenvalue weighted by Crippen LogP contribution is -1.99. The quantitative estimate of drug-likeness (QED) is 0.862. The average molecular weight is 263 g/mol. The highest BCUT2D eigenvalue weighted by molar-refractivity contribution is 7.71. The molecule has 0 saturated carbocycles. The molecule has 6 heteroatoms. The van der Waals surface area contributed by atoms with E-state index < -0.39 is 0 Å². The molecule has 1 aromatic heterocycles. The van der Waals surface area contributed by atoms with Gasteiger partial charge in [0.25, 0.3) is 6.01 Å². The number of hydrogen-bond donors (Lipinski definition) is 1. The molecule has 0 spiro atoms. The summed E-state index contributed by atoms with van der Waals surface area (Å²) in [4.78, 5) is 11.1. The van der Waals surface area contributed by atoms with E-state index in [4.69, 9.17) is 21.7 Å². The smallest absolute Gasteiger partial charge is 0.297 e. The van der Waals surface area contributed by atoms with E-state index in [2.05, 4.69) is 15.0 Å². The van der Waals surface area contributed by atoms with Crippen LogP contribution in [-0.4, -0.2) is 29.2 Å². The predicted molar refractivity (Wildman–Crippen MR) is 70.5 cm³/mol. The van der Waals surface area contributed by atoms with Crippen LogP contribution in [0.3, 0.4) is 0 Å². The number of nitrogens with one attached hydrogen (secondary N) is 1. The molecule has 94 valence electrons. The maximum absolute atomic E-state index is 5.31. The van der Waals surface area contributed by atoms with Gasteiger partial charge in [-0.15, -0.1) is 0 Å². The zero-order valence-corrected chi connectivity index (χ0v) is 11.2. The maximum atomic E-state index is 5.31. The molecule has 0 radical (unpaired) electrons. The minimum Gasteiger partial charge on any atom is -0.496 e. The van der Waals surface area contributed by atoms with Gasteiger partial charge in [0.15, 0.2) is 0 Å². The number of aromatic nitrogens is 3. The fourth-order valence-corrected chi connectivity index (χ4v) is 1.77. The summed E-state index contributed by atoms with van der Waals surface area (Å²) in [5.41, 5.74) is 1.92. The first kappa shape index (κ1) is 12.5. The van der Waals surface area contributed by atoms with Gasteiger partial charge in [0.2, 0.25) is 4.77 Å². The molecule has 1 aromatic carbocycles. The van der Waals surface area contributed by atoms with Gasteiger partial charge in [-0.25, -0.2) is 0 Å². The van der Waals surface area contributed by atoms with Gasteiger partial charge < -0.3 is 9.47 Å². The van der Waals surface area contributed by atoms with Crippen molar-refractivity contribution in [3.63, 3.8) is 0 Å². The second-order valence-electron chi connectivity index (χ2n) is 3.69. The molecule has 1 heterocycles. The Kier molecular flexibility index (Phi) is 3.57. The minimum absolute atomic E-state index is 0.226. The van der Waals surface area contributed by atoms with E-state index in [0.717, 1.165) is 11.1 Å². The average Bonchev–Trinajstić information content (AvgIpc) is 2.38. The molecule has 0 aliphatic rings. The summed E-state index contributed by atoms with van der Waals surface area (Å²) in [6.45, 7) is 2.00. The van der Waals surface area contributed by atoms with Gasteiger partial charge in [0.1, 0.15) is 11.6 Å². The molecule has 2 rings (SSSR count). The topological polar surface area (TPSA) is 60.0 Å². The van der Waals surface area contributed by atoms with Crippen molar-refractivity contribution in [3.05, 3.63) is 28.5 Å². The van der Waals surface area contributed by atoms with E-state index in [0.29, 0.717) is 17.6 Å². The van der Waals surface area contributed by atoms with Gasteiger partial charge in [-0.1, -0.05) is 11.6 Å². The van der Waals surface area contributed by atoms with E-state index in [-0.39, 0.29) is 4.77 Å². The summed E-state index contributed by atoms with van der Waals surface area (Å²) in [5.74, 6) is 1.29. The molecule has 0 unspecified atom stereocenters. The molecular weight excluding hydrogens is 250 g/mol. The molecule has 0 amide bonds. The second-order valence-corrected chi connectivity index (χ2v) is 4.06. The highest BCUT2D eigenvalue weighted by atomic mass is 32.1. The number of aryl methyl sites for hydroxylation is 1. The SMILES string of the molecule is COc1nc(=S)nc(-c2cc(C)ccc2OC)[nH]1. The molecular formula is C12H13N3O2S. The van der Waals surface area contributed by atoms with Crippen LogP contribution in [0.25, 0.3) is 11.4 Å². The van der Waals surface area contributed by atoms with E-state index in [1.807, 2.05) is 25.1 Å². The maximum Gasteiger partial charge on any atom is 0.297 e. The Labute approximate surface area is 110 Å². The molecule has 0 fully saturated rings. The molecule has 0 aliphatic heterocycles. The molecule has 0 aliphatic carbocycles. The number of aromatic amines is 1. The largest absolute Gasteiger partial charge is 0.496 e. The summed E-state index contributed by atoms with van der Waals surface area (Å²) in [5, 5.41) is 0. The number of nitrogens with zero attached hydrogens (tertiary/aromatic N) is 2. The third kappa shape index (κ3) is 2.48. The third-order valence-corrected chi connectivity index (χ3v) is 2.62. The van der Waals surface area contributed by atoms with Gasteiger partial charge >= 0.3 is 0 Å². The molecule has 0 bridgehead atoms. The first-order valence-corrected chi connectivity index (χ1v) is 5.72.